The molecule has 0 unspecified atom stereocenters. The predicted molar refractivity (Wildman–Crippen MR) is 77.6 cm³/mol. The first kappa shape index (κ1) is 15.1. The second kappa shape index (κ2) is 5.60. The number of sulfonamides is 1. The van der Waals surface area contributed by atoms with E-state index in [1.165, 1.54) is 24.3 Å². The molecule has 0 amide bonds. The molecule has 0 aliphatic carbocycles. The third kappa shape index (κ3) is 3.24. The average molecular weight is 324 g/mol. The van der Waals surface area contributed by atoms with Gasteiger partial charge in [-0.05, 0) is 37.3 Å². The Morgan fingerprint density at radius 1 is 1.33 bits per heavy atom. The number of hydrogen-bond acceptors (Lipinski definition) is 5. The van der Waals surface area contributed by atoms with Crippen LogP contribution < -0.4 is 4.72 Å². The topological polar surface area (TPSA) is 103 Å². The summed E-state index contributed by atoms with van der Waals surface area (Å²) >= 11 is 5.86. The van der Waals surface area contributed by atoms with Gasteiger partial charge >= 0.3 is 0 Å². The third-order valence-corrected chi connectivity index (χ3v) is 4.41. The van der Waals surface area contributed by atoms with Crippen molar-refractivity contribution < 1.29 is 13.5 Å². The van der Waals surface area contributed by atoms with Gasteiger partial charge < -0.3 is 5.11 Å². The molecule has 0 aliphatic heterocycles. The lowest BCUT2D eigenvalue weighted by molar-refractivity contribution is 0.475. The summed E-state index contributed by atoms with van der Waals surface area (Å²) in [4.78, 5) is 3.65. The van der Waals surface area contributed by atoms with Crippen molar-refractivity contribution in [3.8, 4) is 11.8 Å². The highest BCUT2D eigenvalue weighted by Gasteiger charge is 2.21. The van der Waals surface area contributed by atoms with Crippen LogP contribution in [0.15, 0.2) is 35.2 Å². The van der Waals surface area contributed by atoms with Crippen molar-refractivity contribution in [1.29, 1.82) is 5.26 Å². The van der Waals surface area contributed by atoms with Crippen molar-refractivity contribution in [1.82, 2.24) is 4.98 Å². The van der Waals surface area contributed by atoms with E-state index in [4.69, 9.17) is 16.9 Å². The molecule has 0 bridgehead atoms. The molecule has 1 aromatic carbocycles. The Kier molecular flexibility index (Phi) is 4.02. The lowest BCUT2D eigenvalue weighted by Crippen LogP contribution is -2.15. The van der Waals surface area contributed by atoms with Crippen LogP contribution in [-0.2, 0) is 10.0 Å². The van der Waals surface area contributed by atoms with Gasteiger partial charge in [0.25, 0.3) is 10.0 Å². The van der Waals surface area contributed by atoms with E-state index in [0.717, 1.165) is 6.07 Å². The van der Waals surface area contributed by atoms with E-state index in [1.807, 2.05) is 6.07 Å². The summed E-state index contributed by atoms with van der Waals surface area (Å²) < 4.78 is 26.7. The number of anilines is 1. The molecule has 2 aromatic rings. The normalized spacial score (nSPS) is 10.9. The summed E-state index contributed by atoms with van der Waals surface area (Å²) in [7, 11) is -4.07. The molecule has 0 saturated heterocycles. The zero-order chi connectivity index (χ0) is 15.6. The Hall–Kier alpha value is -2.30. The first-order valence-corrected chi connectivity index (χ1v) is 7.58. The van der Waals surface area contributed by atoms with Crippen LogP contribution >= 0.6 is 11.6 Å². The number of aromatic nitrogens is 1. The summed E-state index contributed by atoms with van der Waals surface area (Å²) in [5.41, 5.74) is 0.684. The predicted octanol–water partition coefficient (Wildman–Crippen LogP) is 2.42. The van der Waals surface area contributed by atoms with E-state index in [-0.39, 0.29) is 27.0 Å². The Morgan fingerprint density at radius 2 is 2.05 bits per heavy atom. The monoisotopic (exact) mass is 323 g/mol. The minimum absolute atomic E-state index is 0.0337. The number of nitrogens with one attached hydrogen (secondary N) is 1. The van der Waals surface area contributed by atoms with E-state index in [0.29, 0.717) is 5.69 Å². The van der Waals surface area contributed by atoms with Crippen molar-refractivity contribution in [3.63, 3.8) is 0 Å². The third-order valence-electron chi connectivity index (χ3n) is 2.59. The van der Waals surface area contributed by atoms with Crippen LogP contribution in [0.2, 0.25) is 5.02 Å². The van der Waals surface area contributed by atoms with Gasteiger partial charge in [0.2, 0.25) is 0 Å². The molecular formula is C13H10ClN3O3S. The van der Waals surface area contributed by atoms with Crippen LogP contribution in [-0.4, -0.2) is 18.5 Å². The largest absolute Gasteiger partial charge is 0.504 e. The number of aryl methyl sites for hydroxylation is 1. The van der Waals surface area contributed by atoms with Crippen LogP contribution in [0, 0.1) is 18.3 Å². The SMILES string of the molecule is Cc1ccc(O)c(NS(=O)(=O)c2cc(C#N)ccc2Cl)n1. The Labute approximate surface area is 126 Å². The lowest BCUT2D eigenvalue weighted by atomic mass is 10.2. The van der Waals surface area contributed by atoms with Crippen LogP contribution in [0.3, 0.4) is 0 Å². The first-order valence-electron chi connectivity index (χ1n) is 5.72. The van der Waals surface area contributed by atoms with Crippen molar-refractivity contribution in [2.24, 2.45) is 0 Å². The minimum atomic E-state index is -4.07. The van der Waals surface area contributed by atoms with Gasteiger partial charge in [-0.15, -0.1) is 0 Å². The van der Waals surface area contributed by atoms with Gasteiger partial charge in [-0.1, -0.05) is 11.6 Å². The van der Waals surface area contributed by atoms with Gasteiger partial charge in [-0.3, -0.25) is 4.72 Å². The van der Waals surface area contributed by atoms with E-state index < -0.39 is 10.0 Å². The van der Waals surface area contributed by atoms with E-state index in [1.54, 1.807) is 6.92 Å². The molecule has 2 rings (SSSR count). The lowest BCUT2D eigenvalue weighted by Gasteiger charge is -2.10. The van der Waals surface area contributed by atoms with Crippen molar-refractivity contribution >= 4 is 27.4 Å². The molecule has 21 heavy (non-hydrogen) atoms. The Morgan fingerprint density at radius 3 is 2.71 bits per heavy atom. The zero-order valence-electron chi connectivity index (χ0n) is 10.8. The molecule has 6 nitrogen and oxygen atoms in total. The number of hydrogen-bond donors (Lipinski definition) is 2. The van der Waals surface area contributed by atoms with E-state index in [9.17, 15) is 13.5 Å². The molecule has 2 N–H and O–H groups in total. The number of halogens is 1. The number of benzene rings is 1. The van der Waals surface area contributed by atoms with E-state index >= 15 is 0 Å². The maximum atomic E-state index is 12.3. The summed E-state index contributed by atoms with van der Waals surface area (Å²) in [6.07, 6.45) is 0. The molecule has 0 aliphatic rings. The standard InChI is InChI=1S/C13H10ClN3O3S/c1-8-2-5-11(18)13(16-8)17-21(19,20)12-6-9(7-15)3-4-10(12)14/h2-6,18H,1H3,(H,16,17). The molecule has 1 aromatic heterocycles. The zero-order valence-corrected chi connectivity index (χ0v) is 12.4. The Balaban J connectivity index is 2.48. The van der Waals surface area contributed by atoms with Gasteiger partial charge in [0, 0.05) is 5.69 Å². The van der Waals surface area contributed by atoms with Crippen LogP contribution in [0.1, 0.15) is 11.3 Å². The quantitative estimate of drug-likeness (QED) is 0.902. The van der Waals surface area contributed by atoms with Gasteiger partial charge in [0.05, 0.1) is 16.7 Å². The van der Waals surface area contributed by atoms with Crippen molar-refractivity contribution in [2.75, 3.05) is 4.72 Å². The number of rotatable bonds is 3. The van der Waals surface area contributed by atoms with Crippen LogP contribution in [0.4, 0.5) is 5.82 Å². The highest BCUT2D eigenvalue weighted by molar-refractivity contribution is 7.92. The summed E-state index contributed by atoms with van der Waals surface area (Å²) in [6.45, 7) is 1.65. The fourth-order valence-corrected chi connectivity index (χ4v) is 3.13. The summed E-state index contributed by atoms with van der Waals surface area (Å²) in [5.74, 6) is -0.509. The second-order valence-electron chi connectivity index (χ2n) is 4.18. The molecule has 108 valence electrons. The molecule has 0 atom stereocenters. The molecular weight excluding hydrogens is 314 g/mol. The first-order chi connectivity index (χ1) is 9.83. The molecule has 0 spiro atoms. The summed E-state index contributed by atoms with van der Waals surface area (Å²) in [6, 6.07) is 8.57. The average Bonchev–Trinajstić information content (AvgIpc) is 2.43. The second-order valence-corrected chi connectivity index (χ2v) is 6.24. The smallest absolute Gasteiger partial charge is 0.264 e. The maximum absolute atomic E-state index is 12.3. The summed E-state index contributed by atoms with van der Waals surface area (Å²) in [5, 5.41) is 18.4. The molecule has 0 saturated carbocycles. The highest BCUT2D eigenvalue weighted by atomic mass is 35.5. The van der Waals surface area contributed by atoms with Gasteiger partial charge in [0.1, 0.15) is 4.90 Å². The van der Waals surface area contributed by atoms with Crippen LogP contribution in [0.25, 0.3) is 0 Å². The number of nitriles is 1. The number of nitrogens with zero attached hydrogens (tertiary/aromatic N) is 2. The van der Waals surface area contributed by atoms with Crippen molar-refractivity contribution in [3.05, 3.63) is 46.6 Å². The van der Waals surface area contributed by atoms with Crippen molar-refractivity contribution in [2.45, 2.75) is 11.8 Å². The highest BCUT2D eigenvalue weighted by Crippen LogP contribution is 2.27. The Bertz CT molecular complexity index is 844. The van der Waals surface area contributed by atoms with Gasteiger partial charge in [-0.25, -0.2) is 13.4 Å². The fourth-order valence-electron chi connectivity index (χ4n) is 1.59. The number of pyridine rings is 1. The maximum Gasteiger partial charge on any atom is 0.264 e. The fraction of sp³-hybridized carbons (Fsp3) is 0.0769. The van der Waals surface area contributed by atoms with Crippen LogP contribution in [0.5, 0.6) is 5.75 Å². The minimum Gasteiger partial charge on any atom is -0.504 e. The number of aromatic hydroxyl groups is 1. The molecule has 1 heterocycles. The molecule has 0 radical (unpaired) electrons. The van der Waals surface area contributed by atoms with Gasteiger partial charge in [-0.2, -0.15) is 5.26 Å². The van der Waals surface area contributed by atoms with E-state index in [2.05, 4.69) is 9.71 Å². The molecule has 8 heteroatoms. The molecule has 0 fully saturated rings. The van der Waals surface area contributed by atoms with Gasteiger partial charge in [0.15, 0.2) is 11.6 Å².